The molecular weight excluding hydrogens is 332 g/mol. The van der Waals surface area contributed by atoms with Crippen LogP contribution >= 0.6 is 0 Å². The Morgan fingerprint density at radius 2 is 2.12 bits per heavy atom. The summed E-state index contributed by atoms with van der Waals surface area (Å²) in [6.07, 6.45) is 4.55. The smallest absolute Gasteiger partial charge is 0.265 e. The highest BCUT2D eigenvalue weighted by Gasteiger charge is 2.27. The molecular formula is C19H16N4O3. The van der Waals surface area contributed by atoms with Crippen LogP contribution in [0.3, 0.4) is 0 Å². The Balaban J connectivity index is 1.61. The van der Waals surface area contributed by atoms with Crippen molar-refractivity contribution in [3.8, 4) is 11.4 Å². The summed E-state index contributed by atoms with van der Waals surface area (Å²) in [7, 11) is 0. The molecule has 0 aliphatic carbocycles. The monoisotopic (exact) mass is 348 g/mol. The molecule has 2 heterocycles. The Morgan fingerprint density at radius 1 is 1.27 bits per heavy atom. The third-order valence-corrected chi connectivity index (χ3v) is 4.09. The molecule has 0 bridgehead atoms. The van der Waals surface area contributed by atoms with E-state index in [1.54, 1.807) is 43.7 Å². The SMILES string of the molecule is C[C@@H]1Oc2c(cccc2C(=O)Nc2cccc(-n3ccnc3)c2)NC1=O. The summed E-state index contributed by atoms with van der Waals surface area (Å²) < 4.78 is 7.48. The van der Waals surface area contributed by atoms with Gasteiger partial charge in [-0.1, -0.05) is 12.1 Å². The molecule has 0 spiro atoms. The van der Waals surface area contributed by atoms with Gasteiger partial charge in [-0.2, -0.15) is 0 Å². The number of ether oxygens (including phenoxy) is 1. The number of rotatable bonds is 3. The Bertz CT molecular complexity index is 982. The minimum absolute atomic E-state index is 0.233. The van der Waals surface area contributed by atoms with E-state index in [0.29, 0.717) is 22.7 Å². The average molecular weight is 348 g/mol. The molecule has 1 aliphatic heterocycles. The number of nitrogens with zero attached hydrogens (tertiary/aromatic N) is 2. The van der Waals surface area contributed by atoms with E-state index in [-0.39, 0.29) is 11.8 Å². The number of amides is 2. The van der Waals surface area contributed by atoms with E-state index in [4.69, 9.17) is 4.74 Å². The van der Waals surface area contributed by atoms with E-state index in [1.807, 2.05) is 29.0 Å². The zero-order valence-corrected chi connectivity index (χ0v) is 14.0. The minimum Gasteiger partial charge on any atom is -0.478 e. The van der Waals surface area contributed by atoms with E-state index < -0.39 is 6.10 Å². The van der Waals surface area contributed by atoms with E-state index in [1.165, 1.54) is 0 Å². The number of nitrogens with one attached hydrogen (secondary N) is 2. The van der Waals surface area contributed by atoms with E-state index >= 15 is 0 Å². The molecule has 1 atom stereocenters. The minimum atomic E-state index is -0.652. The van der Waals surface area contributed by atoms with Gasteiger partial charge in [-0.05, 0) is 37.3 Å². The maximum absolute atomic E-state index is 12.7. The fourth-order valence-corrected chi connectivity index (χ4v) is 2.76. The number of imidazole rings is 1. The molecule has 0 radical (unpaired) electrons. The van der Waals surface area contributed by atoms with Gasteiger partial charge in [0.25, 0.3) is 11.8 Å². The number of fused-ring (bicyclic) bond motifs is 1. The summed E-state index contributed by atoms with van der Waals surface area (Å²) in [5.74, 6) is -0.168. The number of para-hydroxylation sites is 1. The molecule has 0 saturated heterocycles. The topological polar surface area (TPSA) is 85.2 Å². The summed E-state index contributed by atoms with van der Waals surface area (Å²) in [6.45, 7) is 1.64. The van der Waals surface area contributed by atoms with Crippen molar-refractivity contribution < 1.29 is 14.3 Å². The van der Waals surface area contributed by atoms with Crippen LogP contribution in [0.5, 0.6) is 5.75 Å². The first-order chi connectivity index (χ1) is 12.6. The maximum Gasteiger partial charge on any atom is 0.265 e. The zero-order chi connectivity index (χ0) is 18.1. The molecule has 2 N–H and O–H groups in total. The van der Waals surface area contributed by atoms with Crippen molar-refractivity contribution in [3.05, 3.63) is 66.7 Å². The van der Waals surface area contributed by atoms with Gasteiger partial charge in [0.15, 0.2) is 11.9 Å². The Labute approximate surface area is 149 Å². The number of hydrogen-bond acceptors (Lipinski definition) is 4. The van der Waals surface area contributed by atoms with Gasteiger partial charge in [0.2, 0.25) is 0 Å². The van der Waals surface area contributed by atoms with Crippen LogP contribution in [0, 0.1) is 0 Å². The van der Waals surface area contributed by atoms with Crippen molar-refractivity contribution in [1.29, 1.82) is 0 Å². The number of carbonyl (C=O) groups is 2. The van der Waals surface area contributed by atoms with Gasteiger partial charge in [-0.15, -0.1) is 0 Å². The summed E-state index contributed by atoms with van der Waals surface area (Å²) in [6, 6.07) is 12.5. The molecule has 7 heteroatoms. The van der Waals surface area contributed by atoms with E-state index in [9.17, 15) is 9.59 Å². The first-order valence-electron chi connectivity index (χ1n) is 8.12. The van der Waals surface area contributed by atoms with Crippen molar-refractivity contribution in [3.63, 3.8) is 0 Å². The van der Waals surface area contributed by atoms with Crippen LogP contribution in [-0.2, 0) is 4.79 Å². The predicted molar refractivity (Wildman–Crippen MR) is 96.7 cm³/mol. The third kappa shape index (κ3) is 2.90. The molecule has 4 rings (SSSR count). The number of anilines is 2. The molecule has 0 saturated carbocycles. The van der Waals surface area contributed by atoms with Crippen LogP contribution in [0.4, 0.5) is 11.4 Å². The van der Waals surface area contributed by atoms with Crippen LogP contribution in [0.15, 0.2) is 61.2 Å². The van der Waals surface area contributed by atoms with Gasteiger partial charge in [-0.25, -0.2) is 4.98 Å². The van der Waals surface area contributed by atoms with E-state index in [0.717, 1.165) is 5.69 Å². The predicted octanol–water partition coefficient (Wildman–Crippen LogP) is 2.84. The second kappa shape index (κ2) is 6.36. The molecule has 0 fully saturated rings. The lowest BCUT2D eigenvalue weighted by atomic mass is 10.1. The number of hydrogen-bond donors (Lipinski definition) is 2. The van der Waals surface area contributed by atoms with Crippen LogP contribution in [0.1, 0.15) is 17.3 Å². The van der Waals surface area contributed by atoms with Crippen LogP contribution in [0.2, 0.25) is 0 Å². The Morgan fingerprint density at radius 3 is 2.92 bits per heavy atom. The summed E-state index contributed by atoms with van der Waals surface area (Å²) in [4.78, 5) is 28.5. The van der Waals surface area contributed by atoms with Gasteiger partial charge < -0.3 is 19.9 Å². The molecule has 7 nitrogen and oxygen atoms in total. The third-order valence-electron chi connectivity index (χ3n) is 4.09. The molecule has 1 aliphatic rings. The molecule has 26 heavy (non-hydrogen) atoms. The maximum atomic E-state index is 12.7. The lowest BCUT2D eigenvalue weighted by Gasteiger charge is -2.25. The molecule has 1 aromatic heterocycles. The van der Waals surface area contributed by atoms with Crippen LogP contribution < -0.4 is 15.4 Å². The first kappa shape index (κ1) is 15.9. The van der Waals surface area contributed by atoms with Gasteiger partial charge in [0, 0.05) is 23.8 Å². The van der Waals surface area contributed by atoms with Crippen molar-refractivity contribution in [2.45, 2.75) is 13.0 Å². The lowest BCUT2D eigenvalue weighted by Crippen LogP contribution is -2.35. The molecule has 0 unspecified atom stereocenters. The summed E-state index contributed by atoms with van der Waals surface area (Å²) >= 11 is 0. The fourth-order valence-electron chi connectivity index (χ4n) is 2.76. The summed E-state index contributed by atoms with van der Waals surface area (Å²) in [5.41, 5.74) is 2.38. The van der Waals surface area contributed by atoms with Crippen molar-refractivity contribution in [2.75, 3.05) is 10.6 Å². The van der Waals surface area contributed by atoms with E-state index in [2.05, 4.69) is 15.6 Å². The van der Waals surface area contributed by atoms with Gasteiger partial charge in [0.1, 0.15) is 0 Å². The Hall–Kier alpha value is -3.61. The van der Waals surface area contributed by atoms with Gasteiger partial charge in [-0.3, -0.25) is 9.59 Å². The van der Waals surface area contributed by atoms with Gasteiger partial charge >= 0.3 is 0 Å². The Kier molecular flexibility index (Phi) is 3.89. The molecule has 2 amide bonds. The summed E-state index contributed by atoms with van der Waals surface area (Å²) in [5, 5.41) is 5.61. The van der Waals surface area contributed by atoms with Crippen LogP contribution in [0.25, 0.3) is 5.69 Å². The highest BCUT2D eigenvalue weighted by Crippen LogP contribution is 2.33. The van der Waals surface area contributed by atoms with Gasteiger partial charge in [0.05, 0.1) is 17.6 Å². The van der Waals surface area contributed by atoms with Crippen LogP contribution in [-0.4, -0.2) is 27.5 Å². The second-order valence-electron chi connectivity index (χ2n) is 5.91. The molecule has 130 valence electrons. The molecule has 3 aromatic rings. The largest absolute Gasteiger partial charge is 0.478 e. The second-order valence-corrected chi connectivity index (χ2v) is 5.91. The fraction of sp³-hybridized carbons (Fsp3) is 0.105. The average Bonchev–Trinajstić information content (AvgIpc) is 3.17. The van der Waals surface area contributed by atoms with Crippen molar-refractivity contribution >= 4 is 23.2 Å². The zero-order valence-electron chi connectivity index (χ0n) is 14.0. The van der Waals surface area contributed by atoms with Crippen molar-refractivity contribution in [2.24, 2.45) is 0 Å². The lowest BCUT2D eigenvalue weighted by molar-refractivity contribution is -0.122. The first-order valence-corrected chi connectivity index (χ1v) is 8.12. The number of carbonyl (C=O) groups excluding carboxylic acids is 2. The highest BCUT2D eigenvalue weighted by atomic mass is 16.5. The molecule has 2 aromatic carbocycles. The standard InChI is InChI=1S/C19H16N4O3/c1-12-18(24)22-16-7-3-6-15(17(16)26-12)19(25)21-13-4-2-5-14(10-13)23-9-8-20-11-23/h2-12H,1H3,(H,21,25)(H,22,24)/t12-/m0/s1. The number of benzene rings is 2. The quantitative estimate of drug-likeness (QED) is 0.762. The van der Waals surface area contributed by atoms with Crippen molar-refractivity contribution in [1.82, 2.24) is 9.55 Å². The highest BCUT2D eigenvalue weighted by molar-refractivity contribution is 6.09. The number of aromatic nitrogens is 2. The normalized spacial score (nSPS) is 15.6.